The lowest BCUT2D eigenvalue weighted by molar-refractivity contribution is -0.384. The van der Waals surface area contributed by atoms with Crippen LogP contribution in [0.15, 0.2) is 69.4 Å². The molecule has 0 spiro atoms. The lowest BCUT2D eigenvalue weighted by atomic mass is 10.1. The first-order valence-electron chi connectivity index (χ1n) is 8.23. The molecule has 0 aliphatic carbocycles. The van der Waals surface area contributed by atoms with Crippen LogP contribution in [0.5, 0.6) is 0 Å². The number of thioether (sulfide) groups is 1. The van der Waals surface area contributed by atoms with Crippen LogP contribution < -0.4 is 0 Å². The topological polar surface area (TPSA) is 114 Å². The minimum atomic E-state index is -4.43. The first-order valence-corrected chi connectivity index (χ1v) is 9.05. The summed E-state index contributed by atoms with van der Waals surface area (Å²) in [4.78, 5) is 22.2. The number of carbonyl (C=O) groups excluding carboxylic acids is 1. The lowest BCUT2D eigenvalue weighted by Crippen LogP contribution is -2.08. The van der Waals surface area contributed by atoms with Gasteiger partial charge in [0, 0.05) is 22.6 Å². The number of nitrogens with zero attached hydrogens (tertiary/aromatic N) is 3. The van der Waals surface area contributed by atoms with E-state index in [1.54, 1.807) is 0 Å². The van der Waals surface area contributed by atoms with E-state index in [0.717, 1.165) is 12.1 Å². The Labute approximate surface area is 172 Å². The number of hydrogen-bond acceptors (Lipinski definition) is 8. The Kier molecular flexibility index (Phi) is 7.53. The van der Waals surface area contributed by atoms with Crippen molar-refractivity contribution in [2.45, 2.75) is 17.3 Å². The van der Waals surface area contributed by atoms with Crippen LogP contribution in [-0.4, -0.2) is 28.1 Å². The molecule has 0 aromatic heterocycles. The second kappa shape index (κ2) is 9.87. The highest BCUT2D eigenvalue weighted by Gasteiger charge is 2.29. The number of halogens is 3. The standard InChI is InChI=1S/C18H14F3N3O5S/c1-2-29-17(26)15(16(25)11-3-7-13(8-4-11)24(27)28)23-22-12-5-9-14(10-6-12)30-18(19,20)21/h3-10,25H,2H2,1H3. The van der Waals surface area contributed by atoms with Gasteiger partial charge in [-0.1, -0.05) is 0 Å². The summed E-state index contributed by atoms with van der Waals surface area (Å²) in [5.41, 5.74) is -5.04. The molecule has 8 nitrogen and oxygen atoms in total. The summed E-state index contributed by atoms with van der Waals surface area (Å²) in [5.74, 6) is -1.63. The maximum absolute atomic E-state index is 12.4. The highest BCUT2D eigenvalue weighted by molar-refractivity contribution is 8.00. The molecule has 2 rings (SSSR count). The van der Waals surface area contributed by atoms with Crippen molar-refractivity contribution in [1.82, 2.24) is 0 Å². The summed E-state index contributed by atoms with van der Waals surface area (Å²) in [6.07, 6.45) is 0. The quantitative estimate of drug-likeness (QED) is 0.111. The average molecular weight is 441 g/mol. The number of hydrogen-bond donors (Lipinski definition) is 1. The Morgan fingerprint density at radius 2 is 1.77 bits per heavy atom. The van der Waals surface area contributed by atoms with Gasteiger partial charge in [0.2, 0.25) is 5.70 Å². The molecule has 1 N–H and O–H groups in total. The smallest absolute Gasteiger partial charge is 0.446 e. The van der Waals surface area contributed by atoms with Gasteiger partial charge in [0.05, 0.1) is 17.2 Å². The molecule has 2 aromatic rings. The van der Waals surface area contributed by atoms with Crippen LogP contribution in [0, 0.1) is 10.1 Å². The van der Waals surface area contributed by atoms with Crippen molar-refractivity contribution in [3.05, 3.63) is 69.9 Å². The van der Waals surface area contributed by atoms with Crippen molar-refractivity contribution in [1.29, 1.82) is 0 Å². The zero-order valence-corrected chi connectivity index (χ0v) is 16.1. The Morgan fingerprint density at radius 3 is 2.27 bits per heavy atom. The number of nitro groups is 1. The van der Waals surface area contributed by atoms with Gasteiger partial charge in [-0.25, -0.2) is 4.79 Å². The zero-order chi connectivity index (χ0) is 22.3. The van der Waals surface area contributed by atoms with Crippen LogP contribution in [0.4, 0.5) is 24.5 Å². The first-order chi connectivity index (χ1) is 14.1. The summed E-state index contributed by atoms with van der Waals surface area (Å²) in [6, 6.07) is 9.54. The number of rotatable bonds is 7. The van der Waals surface area contributed by atoms with E-state index in [0.29, 0.717) is 0 Å². The number of ether oxygens (including phenoxy) is 1. The molecule has 0 bridgehead atoms. The minimum Gasteiger partial charge on any atom is -0.505 e. The number of nitro benzene ring substituents is 1. The third-order valence-corrected chi connectivity index (χ3v) is 4.12. The van der Waals surface area contributed by atoms with Crippen LogP contribution in [0.25, 0.3) is 5.76 Å². The molecule has 2 aromatic carbocycles. The van der Waals surface area contributed by atoms with Crippen LogP contribution >= 0.6 is 11.8 Å². The predicted octanol–water partition coefficient (Wildman–Crippen LogP) is 5.78. The number of non-ortho nitro benzene ring substituents is 1. The summed E-state index contributed by atoms with van der Waals surface area (Å²) < 4.78 is 41.9. The summed E-state index contributed by atoms with van der Waals surface area (Å²) in [7, 11) is 0. The van der Waals surface area contributed by atoms with E-state index >= 15 is 0 Å². The zero-order valence-electron chi connectivity index (χ0n) is 15.3. The molecule has 158 valence electrons. The summed E-state index contributed by atoms with van der Waals surface area (Å²) in [6.45, 7) is 1.52. The van der Waals surface area contributed by atoms with Gasteiger partial charge in [-0.05, 0) is 55.1 Å². The SMILES string of the molecule is CCOC(=O)C(N=Nc1ccc(SC(F)(F)F)cc1)=C(O)c1ccc([N+](=O)[O-])cc1. The molecule has 0 heterocycles. The number of azo groups is 1. The van der Waals surface area contributed by atoms with Gasteiger partial charge >= 0.3 is 11.5 Å². The molecule has 0 saturated carbocycles. The third kappa shape index (κ3) is 6.58. The molecule has 0 radical (unpaired) electrons. The van der Waals surface area contributed by atoms with Crippen molar-refractivity contribution in [3.63, 3.8) is 0 Å². The molecule has 12 heteroatoms. The second-order valence-electron chi connectivity index (χ2n) is 5.46. The minimum absolute atomic E-state index is 0.0191. The maximum Gasteiger partial charge on any atom is 0.446 e. The molecule has 0 unspecified atom stereocenters. The Balaban J connectivity index is 2.33. The van der Waals surface area contributed by atoms with Crippen LogP contribution in [0.2, 0.25) is 0 Å². The molecule has 0 aliphatic heterocycles. The van der Waals surface area contributed by atoms with E-state index in [2.05, 4.69) is 10.2 Å². The molecule has 0 fully saturated rings. The number of aliphatic hydroxyl groups excluding tert-OH is 1. The van der Waals surface area contributed by atoms with Gasteiger partial charge in [-0.3, -0.25) is 10.1 Å². The largest absolute Gasteiger partial charge is 0.505 e. The highest BCUT2D eigenvalue weighted by atomic mass is 32.2. The Hall–Kier alpha value is -3.41. The molecular formula is C18H14F3N3O5S. The van der Waals surface area contributed by atoms with Gasteiger partial charge in [0.15, 0.2) is 5.76 Å². The fourth-order valence-corrected chi connectivity index (χ4v) is 2.62. The maximum atomic E-state index is 12.4. The fourth-order valence-electron chi connectivity index (χ4n) is 2.08. The van der Waals surface area contributed by atoms with Gasteiger partial charge in [0.1, 0.15) is 0 Å². The predicted molar refractivity (Wildman–Crippen MR) is 102 cm³/mol. The van der Waals surface area contributed by atoms with E-state index in [1.807, 2.05) is 0 Å². The molecule has 0 saturated heterocycles. The van der Waals surface area contributed by atoms with Crippen molar-refractivity contribution in [2.75, 3.05) is 6.61 Å². The molecule has 0 atom stereocenters. The number of alkyl halides is 3. The van der Waals surface area contributed by atoms with E-state index in [-0.39, 0.29) is 40.2 Å². The van der Waals surface area contributed by atoms with E-state index in [4.69, 9.17) is 4.74 Å². The Bertz CT molecular complexity index is 974. The van der Waals surface area contributed by atoms with E-state index in [1.165, 1.54) is 43.3 Å². The normalized spacial score (nSPS) is 12.5. The second-order valence-corrected chi connectivity index (χ2v) is 6.60. The Morgan fingerprint density at radius 1 is 1.17 bits per heavy atom. The van der Waals surface area contributed by atoms with Gasteiger partial charge in [-0.2, -0.15) is 18.3 Å². The molecule has 30 heavy (non-hydrogen) atoms. The van der Waals surface area contributed by atoms with Crippen molar-refractivity contribution in [3.8, 4) is 0 Å². The first kappa shape index (κ1) is 22.9. The van der Waals surface area contributed by atoms with E-state index in [9.17, 15) is 33.2 Å². The highest BCUT2D eigenvalue weighted by Crippen LogP contribution is 2.37. The number of aliphatic hydroxyl groups is 1. The number of esters is 1. The third-order valence-electron chi connectivity index (χ3n) is 3.38. The lowest BCUT2D eigenvalue weighted by Gasteiger charge is -2.06. The molecule has 0 amide bonds. The van der Waals surface area contributed by atoms with Gasteiger partial charge in [0.25, 0.3) is 5.69 Å². The van der Waals surface area contributed by atoms with Crippen LogP contribution in [0.1, 0.15) is 12.5 Å². The number of carbonyl (C=O) groups is 1. The van der Waals surface area contributed by atoms with Crippen molar-refractivity contribution < 1.29 is 32.7 Å². The summed E-state index contributed by atoms with van der Waals surface area (Å²) >= 11 is -0.293. The van der Waals surface area contributed by atoms with Gasteiger partial charge in [-0.15, -0.1) is 5.11 Å². The van der Waals surface area contributed by atoms with Crippen LogP contribution in [-0.2, 0) is 9.53 Å². The fraction of sp³-hybridized carbons (Fsp3) is 0.167. The number of benzene rings is 2. The summed E-state index contributed by atoms with van der Waals surface area (Å²) in [5, 5.41) is 28.5. The monoisotopic (exact) mass is 441 g/mol. The van der Waals surface area contributed by atoms with Gasteiger partial charge < -0.3 is 9.84 Å². The van der Waals surface area contributed by atoms with Crippen molar-refractivity contribution >= 4 is 34.9 Å². The van der Waals surface area contributed by atoms with E-state index < -0.39 is 27.9 Å². The molecular weight excluding hydrogens is 427 g/mol. The van der Waals surface area contributed by atoms with Crippen molar-refractivity contribution in [2.24, 2.45) is 10.2 Å². The average Bonchev–Trinajstić information content (AvgIpc) is 2.68. The molecule has 0 aliphatic rings. The van der Waals surface area contributed by atoms with Crippen LogP contribution in [0.3, 0.4) is 0 Å².